The number of rotatable bonds is 2. The predicted molar refractivity (Wildman–Crippen MR) is 74.2 cm³/mol. The molecule has 0 spiro atoms. The van der Waals surface area contributed by atoms with Crippen LogP contribution in [0, 0.1) is 0 Å². The Labute approximate surface area is 109 Å². The number of nitrogen functional groups attached to an aromatic ring is 1. The Morgan fingerprint density at radius 2 is 2.18 bits per heavy atom. The number of halogens is 1. The third kappa shape index (κ3) is 3.36. The molecule has 0 aromatic heterocycles. The van der Waals surface area contributed by atoms with Crippen LogP contribution in [0.1, 0.15) is 38.2 Å². The molecule has 1 heterocycles. The lowest BCUT2D eigenvalue weighted by Crippen LogP contribution is -2.31. The number of benzene rings is 1. The van der Waals surface area contributed by atoms with Crippen molar-refractivity contribution in [2.24, 2.45) is 0 Å². The van der Waals surface area contributed by atoms with Crippen LogP contribution in [0.5, 0.6) is 0 Å². The van der Waals surface area contributed by atoms with E-state index in [4.69, 9.17) is 17.3 Å². The van der Waals surface area contributed by atoms with Crippen molar-refractivity contribution < 1.29 is 0 Å². The summed E-state index contributed by atoms with van der Waals surface area (Å²) in [5.74, 6) is 0. The fourth-order valence-electron chi connectivity index (χ4n) is 2.47. The molecule has 1 aliphatic rings. The molecule has 0 aliphatic carbocycles. The van der Waals surface area contributed by atoms with Crippen molar-refractivity contribution in [1.82, 2.24) is 4.90 Å². The van der Waals surface area contributed by atoms with Gasteiger partial charge in [-0.15, -0.1) is 0 Å². The first-order chi connectivity index (χ1) is 8.16. The molecule has 1 aromatic carbocycles. The van der Waals surface area contributed by atoms with Crippen LogP contribution < -0.4 is 5.73 Å². The van der Waals surface area contributed by atoms with Crippen LogP contribution in [0.3, 0.4) is 0 Å². The van der Waals surface area contributed by atoms with Crippen molar-refractivity contribution in [3.05, 3.63) is 28.8 Å². The summed E-state index contributed by atoms with van der Waals surface area (Å²) in [6, 6.07) is 6.65. The molecular formula is C14H21ClN2. The summed E-state index contributed by atoms with van der Waals surface area (Å²) in [5.41, 5.74) is 7.66. The molecular weight excluding hydrogens is 232 g/mol. The highest BCUT2D eigenvalue weighted by molar-refractivity contribution is 6.33. The molecule has 0 bridgehead atoms. The van der Waals surface area contributed by atoms with Gasteiger partial charge in [-0.05, 0) is 44.0 Å². The third-order valence-electron chi connectivity index (χ3n) is 3.64. The van der Waals surface area contributed by atoms with E-state index in [0.29, 0.717) is 16.8 Å². The highest BCUT2D eigenvalue weighted by atomic mass is 35.5. The van der Waals surface area contributed by atoms with Gasteiger partial charge in [0, 0.05) is 12.6 Å². The number of hydrogen-bond acceptors (Lipinski definition) is 2. The molecule has 1 fully saturated rings. The fraction of sp³-hybridized carbons (Fsp3) is 0.571. The minimum atomic E-state index is 0.666. The molecule has 2 N–H and O–H groups in total. The minimum absolute atomic E-state index is 0.666. The quantitative estimate of drug-likeness (QED) is 0.814. The van der Waals surface area contributed by atoms with Crippen molar-refractivity contribution in [1.29, 1.82) is 0 Å². The Morgan fingerprint density at radius 1 is 1.35 bits per heavy atom. The first-order valence-electron chi connectivity index (χ1n) is 6.45. The topological polar surface area (TPSA) is 29.3 Å². The number of likely N-dealkylation sites (tertiary alicyclic amines) is 1. The predicted octanol–water partition coefficient (Wildman–Crippen LogP) is 3.69. The van der Waals surface area contributed by atoms with Gasteiger partial charge in [0.1, 0.15) is 0 Å². The summed E-state index contributed by atoms with van der Waals surface area (Å²) in [7, 11) is 0. The van der Waals surface area contributed by atoms with E-state index in [0.717, 1.165) is 6.54 Å². The van der Waals surface area contributed by atoms with Gasteiger partial charge in [-0.2, -0.15) is 0 Å². The highest BCUT2D eigenvalue weighted by Gasteiger charge is 2.16. The Hall–Kier alpha value is -0.730. The van der Waals surface area contributed by atoms with Crippen LogP contribution in [0.25, 0.3) is 0 Å². The van der Waals surface area contributed by atoms with Gasteiger partial charge in [-0.3, -0.25) is 4.90 Å². The SMILES string of the molecule is CC1CCCCCN1Cc1ccc(N)c(Cl)c1. The maximum Gasteiger partial charge on any atom is 0.0638 e. The summed E-state index contributed by atoms with van der Waals surface area (Å²) in [5, 5.41) is 0.671. The average molecular weight is 253 g/mol. The number of hydrogen-bond donors (Lipinski definition) is 1. The fourth-order valence-corrected chi connectivity index (χ4v) is 2.68. The van der Waals surface area contributed by atoms with E-state index in [2.05, 4.69) is 17.9 Å². The Morgan fingerprint density at radius 3 is 2.94 bits per heavy atom. The van der Waals surface area contributed by atoms with Crippen molar-refractivity contribution in [3.8, 4) is 0 Å². The van der Waals surface area contributed by atoms with Gasteiger partial charge in [-0.25, -0.2) is 0 Å². The van der Waals surface area contributed by atoms with E-state index >= 15 is 0 Å². The van der Waals surface area contributed by atoms with E-state index in [1.165, 1.54) is 37.8 Å². The molecule has 1 unspecified atom stereocenters. The van der Waals surface area contributed by atoms with E-state index in [9.17, 15) is 0 Å². The third-order valence-corrected chi connectivity index (χ3v) is 3.97. The highest BCUT2D eigenvalue weighted by Crippen LogP contribution is 2.23. The zero-order valence-electron chi connectivity index (χ0n) is 10.5. The lowest BCUT2D eigenvalue weighted by Gasteiger charge is -2.27. The van der Waals surface area contributed by atoms with Crippen molar-refractivity contribution in [3.63, 3.8) is 0 Å². The monoisotopic (exact) mass is 252 g/mol. The summed E-state index contributed by atoms with van der Waals surface area (Å²) < 4.78 is 0. The van der Waals surface area contributed by atoms with Crippen LogP contribution in [0.4, 0.5) is 5.69 Å². The molecule has 1 aliphatic heterocycles. The first kappa shape index (κ1) is 12.7. The second-order valence-electron chi connectivity index (χ2n) is 5.02. The first-order valence-corrected chi connectivity index (χ1v) is 6.82. The normalized spacial score (nSPS) is 22.4. The molecule has 3 heteroatoms. The zero-order valence-corrected chi connectivity index (χ0v) is 11.2. The zero-order chi connectivity index (χ0) is 12.3. The molecule has 1 atom stereocenters. The van der Waals surface area contributed by atoms with Crippen LogP contribution in [-0.4, -0.2) is 17.5 Å². The van der Waals surface area contributed by atoms with Crippen LogP contribution >= 0.6 is 11.6 Å². The maximum atomic E-state index is 6.06. The summed E-state index contributed by atoms with van der Waals surface area (Å²) >= 11 is 6.06. The molecule has 1 aromatic rings. The van der Waals surface area contributed by atoms with Crippen LogP contribution in [0.2, 0.25) is 5.02 Å². The van der Waals surface area contributed by atoms with E-state index < -0.39 is 0 Å². The molecule has 2 rings (SSSR count). The van der Waals surface area contributed by atoms with Gasteiger partial charge in [-0.1, -0.05) is 30.5 Å². The van der Waals surface area contributed by atoms with Gasteiger partial charge >= 0.3 is 0 Å². The van der Waals surface area contributed by atoms with Gasteiger partial charge < -0.3 is 5.73 Å². The lowest BCUT2D eigenvalue weighted by molar-refractivity contribution is 0.205. The van der Waals surface area contributed by atoms with Crippen LogP contribution in [0.15, 0.2) is 18.2 Å². The summed E-state index contributed by atoms with van der Waals surface area (Å²) in [4.78, 5) is 2.55. The Kier molecular flexibility index (Phi) is 4.30. The number of nitrogens with two attached hydrogens (primary N) is 1. The number of nitrogens with zero attached hydrogens (tertiary/aromatic N) is 1. The smallest absolute Gasteiger partial charge is 0.0638 e. The Balaban J connectivity index is 2.05. The number of anilines is 1. The van der Waals surface area contributed by atoms with Crippen molar-refractivity contribution >= 4 is 17.3 Å². The van der Waals surface area contributed by atoms with Crippen molar-refractivity contribution in [2.45, 2.75) is 45.2 Å². The van der Waals surface area contributed by atoms with Gasteiger partial charge in [0.05, 0.1) is 10.7 Å². The second kappa shape index (κ2) is 5.74. The van der Waals surface area contributed by atoms with Crippen molar-refractivity contribution in [2.75, 3.05) is 12.3 Å². The molecule has 0 saturated carbocycles. The summed E-state index contributed by atoms with van der Waals surface area (Å²) in [6.45, 7) is 4.51. The molecule has 2 nitrogen and oxygen atoms in total. The standard InChI is InChI=1S/C14H21ClN2/c1-11-5-3-2-4-8-17(11)10-12-6-7-14(16)13(15)9-12/h6-7,9,11H,2-5,8,10,16H2,1H3. The van der Waals surface area contributed by atoms with E-state index in [1.54, 1.807) is 0 Å². The molecule has 94 valence electrons. The lowest BCUT2D eigenvalue weighted by atomic mass is 10.1. The molecule has 1 saturated heterocycles. The summed E-state index contributed by atoms with van der Waals surface area (Å²) in [6.07, 6.45) is 5.35. The van der Waals surface area contributed by atoms with E-state index in [1.807, 2.05) is 12.1 Å². The average Bonchev–Trinajstić information content (AvgIpc) is 2.50. The van der Waals surface area contributed by atoms with Crippen LogP contribution in [-0.2, 0) is 6.54 Å². The van der Waals surface area contributed by atoms with Gasteiger partial charge in [0.2, 0.25) is 0 Å². The largest absolute Gasteiger partial charge is 0.398 e. The second-order valence-corrected chi connectivity index (χ2v) is 5.43. The van der Waals surface area contributed by atoms with E-state index in [-0.39, 0.29) is 0 Å². The Bertz CT molecular complexity index is 378. The van der Waals surface area contributed by atoms with Gasteiger partial charge in [0.15, 0.2) is 0 Å². The molecule has 0 amide bonds. The maximum absolute atomic E-state index is 6.06. The molecule has 0 radical (unpaired) electrons. The van der Waals surface area contributed by atoms with Gasteiger partial charge in [0.25, 0.3) is 0 Å². The minimum Gasteiger partial charge on any atom is -0.398 e. The molecule has 17 heavy (non-hydrogen) atoms.